The van der Waals surface area contributed by atoms with Crippen LogP contribution in [-0.2, 0) is 11.3 Å². The van der Waals surface area contributed by atoms with Crippen molar-refractivity contribution >= 4 is 11.7 Å². The first-order valence-electron chi connectivity index (χ1n) is 9.01. The van der Waals surface area contributed by atoms with E-state index in [4.69, 9.17) is 9.72 Å². The Labute approximate surface area is 154 Å². The summed E-state index contributed by atoms with van der Waals surface area (Å²) in [5.41, 5.74) is 2.03. The molecule has 0 radical (unpaired) electrons. The number of aryl methyl sites for hydroxylation is 1. The van der Waals surface area contributed by atoms with E-state index in [0.29, 0.717) is 6.04 Å². The average molecular weight is 354 g/mol. The number of piperidine rings is 1. The van der Waals surface area contributed by atoms with Crippen LogP contribution >= 0.6 is 0 Å². The van der Waals surface area contributed by atoms with Gasteiger partial charge in [0, 0.05) is 45.0 Å². The van der Waals surface area contributed by atoms with E-state index in [0.717, 1.165) is 55.3 Å². The molecule has 0 aliphatic carbocycles. The molecule has 1 aliphatic heterocycles. The van der Waals surface area contributed by atoms with Gasteiger partial charge in [-0.05, 0) is 43.5 Å². The molecule has 0 aromatic carbocycles. The maximum absolute atomic E-state index is 11.6. The summed E-state index contributed by atoms with van der Waals surface area (Å²) in [6, 6.07) is 8.36. The first-order chi connectivity index (χ1) is 12.6. The first kappa shape index (κ1) is 18.2. The predicted molar refractivity (Wildman–Crippen MR) is 101 cm³/mol. The third-order valence-corrected chi connectivity index (χ3v) is 4.96. The summed E-state index contributed by atoms with van der Waals surface area (Å²) in [7, 11) is 1.66. The van der Waals surface area contributed by atoms with Crippen molar-refractivity contribution in [2.75, 3.05) is 25.1 Å². The highest BCUT2D eigenvalue weighted by Gasteiger charge is 2.27. The predicted octanol–water partition coefficient (Wildman–Crippen LogP) is 2.81. The summed E-state index contributed by atoms with van der Waals surface area (Å²) >= 11 is 0. The third-order valence-electron chi connectivity index (χ3n) is 4.96. The number of hydrogen-bond acceptors (Lipinski definition) is 5. The Hall–Kier alpha value is -2.63. The van der Waals surface area contributed by atoms with Gasteiger partial charge in [0.15, 0.2) is 0 Å². The number of hydrogen-bond donors (Lipinski definition) is 0. The van der Waals surface area contributed by atoms with Crippen LogP contribution in [0.25, 0.3) is 0 Å². The third kappa shape index (κ3) is 4.12. The van der Waals surface area contributed by atoms with E-state index in [-0.39, 0.29) is 5.91 Å². The van der Waals surface area contributed by atoms with E-state index in [2.05, 4.69) is 16.0 Å². The van der Waals surface area contributed by atoms with Crippen LogP contribution in [0.3, 0.4) is 0 Å². The van der Waals surface area contributed by atoms with Gasteiger partial charge >= 0.3 is 0 Å². The van der Waals surface area contributed by atoms with Crippen LogP contribution in [0.4, 0.5) is 5.82 Å². The van der Waals surface area contributed by atoms with Crippen LogP contribution in [0.5, 0.6) is 5.75 Å². The second-order valence-electron chi connectivity index (χ2n) is 6.68. The number of ether oxygens (including phenoxy) is 1. The molecule has 1 amide bonds. The first-order valence-corrected chi connectivity index (χ1v) is 9.01. The number of anilines is 1. The highest BCUT2D eigenvalue weighted by molar-refractivity contribution is 5.73. The second-order valence-corrected chi connectivity index (χ2v) is 6.68. The molecule has 0 atom stereocenters. The Kier molecular flexibility index (Phi) is 5.71. The van der Waals surface area contributed by atoms with Crippen molar-refractivity contribution in [3.63, 3.8) is 0 Å². The smallest absolute Gasteiger partial charge is 0.219 e. The minimum atomic E-state index is 0.153. The van der Waals surface area contributed by atoms with Crippen LogP contribution in [0.1, 0.15) is 31.0 Å². The molecule has 2 aromatic heterocycles. The molecule has 0 N–H and O–H groups in total. The number of aromatic nitrogens is 2. The van der Waals surface area contributed by atoms with Crippen molar-refractivity contribution in [2.24, 2.45) is 0 Å². The lowest BCUT2D eigenvalue weighted by Crippen LogP contribution is -2.46. The molecule has 26 heavy (non-hydrogen) atoms. The Balaban J connectivity index is 1.85. The van der Waals surface area contributed by atoms with Crippen molar-refractivity contribution in [1.82, 2.24) is 14.9 Å². The molecule has 0 unspecified atom stereocenters. The molecular weight excluding hydrogens is 328 g/mol. The lowest BCUT2D eigenvalue weighted by atomic mass is 10.0. The van der Waals surface area contributed by atoms with Gasteiger partial charge in [-0.1, -0.05) is 6.07 Å². The number of pyridine rings is 2. The molecule has 1 aliphatic rings. The summed E-state index contributed by atoms with van der Waals surface area (Å²) in [4.78, 5) is 24.9. The van der Waals surface area contributed by atoms with Gasteiger partial charge in [-0.3, -0.25) is 9.78 Å². The van der Waals surface area contributed by atoms with Gasteiger partial charge in [0.2, 0.25) is 5.91 Å². The van der Waals surface area contributed by atoms with E-state index in [1.54, 1.807) is 20.2 Å². The number of carbonyl (C=O) groups is 1. The van der Waals surface area contributed by atoms with Gasteiger partial charge in [0.25, 0.3) is 0 Å². The second kappa shape index (κ2) is 8.17. The van der Waals surface area contributed by atoms with Gasteiger partial charge in [-0.2, -0.15) is 0 Å². The SMILES string of the molecule is COc1ccc(N(Cc2cccnc2)C2CCN(C(C)=O)CC2)nc1C. The zero-order valence-corrected chi connectivity index (χ0v) is 15.7. The number of methoxy groups -OCH3 is 1. The molecule has 0 bridgehead atoms. The fourth-order valence-electron chi connectivity index (χ4n) is 3.49. The lowest BCUT2D eigenvalue weighted by molar-refractivity contribution is -0.129. The molecule has 138 valence electrons. The number of likely N-dealkylation sites (tertiary alicyclic amines) is 1. The number of amides is 1. The van der Waals surface area contributed by atoms with Gasteiger partial charge in [-0.15, -0.1) is 0 Å². The minimum absolute atomic E-state index is 0.153. The van der Waals surface area contributed by atoms with Crippen molar-refractivity contribution in [2.45, 2.75) is 39.3 Å². The quantitative estimate of drug-likeness (QED) is 0.826. The van der Waals surface area contributed by atoms with Crippen molar-refractivity contribution < 1.29 is 9.53 Å². The monoisotopic (exact) mass is 354 g/mol. The summed E-state index contributed by atoms with van der Waals surface area (Å²) in [6.07, 6.45) is 5.56. The van der Waals surface area contributed by atoms with Gasteiger partial charge in [0.1, 0.15) is 11.6 Å². The fourth-order valence-corrected chi connectivity index (χ4v) is 3.49. The van der Waals surface area contributed by atoms with Crippen LogP contribution in [0.15, 0.2) is 36.7 Å². The molecule has 6 heteroatoms. The highest BCUT2D eigenvalue weighted by atomic mass is 16.5. The van der Waals surface area contributed by atoms with E-state index < -0.39 is 0 Å². The van der Waals surface area contributed by atoms with Crippen LogP contribution in [0, 0.1) is 6.92 Å². The van der Waals surface area contributed by atoms with Crippen LogP contribution in [-0.4, -0.2) is 47.0 Å². The number of rotatable bonds is 5. The van der Waals surface area contributed by atoms with Crippen molar-refractivity contribution in [1.29, 1.82) is 0 Å². The van der Waals surface area contributed by atoms with Gasteiger partial charge in [0.05, 0.1) is 12.8 Å². The molecular formula is C20H26N4O2. The highest BCUT2D eigenvalue weighted by Crippen LogP contribution is 2.27. The molecule has 3 rings (SSSR count). The minimum Gasteiger partial charge on any atom is -0.495 e. The summed E-state index contributed by atoms with van der Waals surface area (Å²) in [5.74, 6) is 1.88. The maximum Gasteiger partial charge on any atom is 0.219 e. The zero-order chi connectivity index (χ0) is 18.5. The number of nitrogens with zero attached hydrogens (tertiary/aromatic N) is 4. The molecule has 1 saturated heterocycles. The molecule has 1 fully saturated rings. The van der Waals surface area contributed by atoms with Gasteiger partial charge in [-0.25, -0.2) is 4.98 Å². The molecule has 0 saturated carbocycles. The van der Waals surface area contributed by atoms with E-state index in [9.17, 15) is 4.79 Å². The standard InChI is InChI=1S/C20H26N4O2/c1-15-19(26-3)6-7-20(22-15)24(14-17-5-4-10-21-13-17)18-8-11-23(12-9-18)16(2)25/h4-7,10,13,18H,8-9,11-12,14H2,1-3H3. The van der Waals surface area contributed by atoms with Crippen LogP contribution in [0.2, 0.25) is 0 Å². The largest absolute Gasteiger partial charge is 0.495 e. The Bertz CT molecular complexity index is 743. The Morgan fingerprint density at radius 1 is 1.31 bits per heavy atom. The van der Waals surface area contributed by atoms with E-state index in [1.807, 2.05) is 36.2 Å². The molecule has 3 heterocycles. The number of carbonyl (C=O) groups excluding carboxylic acids is 1. The van der Waals surface area contributed by atoms with Crippen LogP contribution < -0.4 is 9.64 Å². The van der Waals surface area contributed by atoms with E-state index >= 15 is 0 Å². The van der Waals surface area contributed by atoms with Crippen molar-refractivity contribution in [3.8, 4) is 5.75 Å². The molecule has 2 aromatic rings. The average Bonchev–Trinajstić information content (AvgIpc) is 2.67. The fraction of sp³-hybridized carbons (Fsp3) is 0.450. The summed E-state index contributed by atoms with van der Waals surface area (Å²) < 4.78 is 5.35. The normalized spacial score (nSPS) is 15.0. The lowest BCUT2D eigenvalue weighted by Gasteiger charge is -2.39. The van der Waals surface area contributed by atoms with E-state index in [1.165, 1.54) is 0 Å². The van der Waals surface area contributed by atoms with Gasteiger partial charge < -0.3 is 14.5 Å². The summed E-state index contributed by atoms with van der Waals surface area (Å²) in [6.45, 7) is 5.93. The topological polar surface area (TPSA) is 58.6 Å². The Morgan fingerprint density at radius 3 is 2.65 bits per heavy atom. The molecule has 0 spiro atoms. The zero-order valence-electron chi connectivity index (χ0n) is 15.7. The maximum atomic E-state index is 11.6. The molecule has 6 nitrogen and oxygen atoms in total. The summed E-state index contributed by atoms with van der Waals surface area (Å²) in [5, 5.41) is 0. The Morgan fingerprint density at radius 2 is 2.08 bits per heavy atom. The van der Waals surface area contributed by atoms with Crippen molar-refractivity contribution in [3.05, 3.63) is 47.9 Å².